The van der Waals surface area contributed by atoms with Gasteiger partial charge in [0.05, 0.1) is 5.02 Å². The van der Waals surface area contributed by atoms with Gasteiger partial charge >= 0.3 is 6.03 Å². The molecule has 1 atom stereocenters. The van der Waals surface area contributed by atoms with Gasteiger partial charge in [-0.2, -0.15) is 0 Å². The van der Waals surface area contributed by atoms with Crippen molar-refractivity contribution in [2.75, 3.05) is 25.0 Å². The minimum absolute atomic E-state index is 0.00537. The quantitative estimate of drug-likeness (QED) is 0.874. The molecule has 3 rings (SSSR count). The van der Waals surface area contributed by atoms with Crippen LogP contribution in [-0.2, 0) is 0 Å². The zero-order chi connectivity index (χ0) is 16.2. The number of carbonyl (C=O) groups excluding carboxylic acids is 1. The number of urea groups is 1. The van der Waals surface area contributed by atoms with Crippen LogP contribution in [0, 0.1) is 11.7 Å². The molecule has 1 saturated carbocycles. The summed E-state index contributed by atoms with van der Waals surface area (Å²) < 4.78 is 13.1. The first-order valence-electron chi connectivity index (χ1n) is 8.36. The average molecular weight is 340 g/mol. The van der Waals surface area contributed by atoms with E-state index in [-0.39, 0.29) is 11.1 Å². The summed E-state index contributed by atoms with van der Waals surface area (Å²) >= 11 is 5.70. The minimum atomic E-state index is -0.490. The molecule has 0 spiro atoms. The first-order chi connectivity index (χ1) is 11.1. The summed E-state index contributed by atoms with van der Waals surface area (Å²) in [4.78, 5) is 14.5. The molecule has 6 heteroatoms. The summed E-state index contributed by atoms with van der Waals surface area (Å²) in [5.41, 5.74) is 0.493. The Morgan fingerprint density at radius 1 is 1.30 bits per heavy atom. The van der Waals surface area contributed by atoms with Crippen molar-refractivity contribution in [1.29, 1.82) is 0 Å². The highest BCUT2D eigenvalue weighted by molar-refractivity contribution is 6.31. The first kappa shape index (κ1) is 16.5. The molecule has 1 unspecified atom stereocenters. The molecule has 2 aliphatic rings. The van der Waals surface area contributed by atoms with Crippen LogP contribution in [0.25, 0.3) is 0 Å². The van der Waals surface area contributed by atoms with E-state index in [1.54, 1.807) is 0 Å². The van der Waals surface area contributed by atoms with Gasteiger partial charge in [-0.3, -0.25) is 0 Å². The van der Waals surface area contributed by atoms with E-state index in [0.29, 0.717) is 18.2 Å². The maximum atomic E-state index is 13.1. The number of benzene rings is 1. The third-order valence-electron chi connectivity index (χ3n) is 4.89. The summed E-state index contributed by atoms with van der Waals surface area (Å²) in [6.07, 6.45) is 6.50. The van der Waals surface area contributed by atoms with Crippen molar-refractivity contribution in [1.82, 2.24) is 10.2 Å². The van der Waals surface area contributed by atoms with E-state index in [0.717, 1.165) is 25.6 Å². The molecule has 1 saturated heterocycles. The number of carbonyl (C=O) groups is 1. The molecule has 0 aromatic heterocycles. The van der Waals surface area contributed by atoms with E-state index in [4.69, 9.17) is 11.6 Å². The van der Waals surface area contributed by atoms with Gasteiger partial charge in [0.25, 0.3) is 0 Å². The predicted octanol–water partition coefficient (Wildman–Crippen LogP) is 3.87. The fraction of sp³-hybridized carbons (Fsp3) is 0.588. The maximum absolute atomic E-state index is 13.1. The smallest absolute Gasteiger partial charge is 0.319 e. The Balaban J connectivity index is 1.41. The molecule has 23 heavy (non-hydrogen) atoms. The van der Waals surface area contributed by atoms with E-state index >= 15 is 0 Å². The zero-order valence-corrected chi connectivity index (χ0v) is 13.9. The number of anilines is 1. The van der Waals surface area contributed by atoms with Gasteiger partial charge in [-0.25, -0.2) is 9.18 Å². The number of hydrogen-bond acceptors (Lipinski definition) is 2. The lowest BCUT2D eigenvalue weighted by Gasteiger charge is -2.23. The SMILES string of the molecule is O=C(NCC1CCN(C2CCCC2)C1)Nc1ccc(F)c(Cl)c1. The summed E-state index contributed by atoms with van der Waals surface area (Å²) in [6.45, 7) is 2.89. The molecule has 2 N–H and O–H groups in total. The lowest BCUT2D eigenvalue weighted by Crippen LogP contribution is -2.35. The van der Waals surface area contributed by atoms with Crippen LogP contribution in [0.2, 0.25) is 5.02 Å². The van der Waals surface area contributed by atoms with E-state index < -0.39 is 5.82 Å². The van der Waals surface area contributed by atoms with Crippen LogP contribution in [0.3, 0.4) is 0 Å². The van der Waals surface area contributed by atoms with Crippen LogP contribution in [0.5, 0.6) is 0 Å². The fourth-order valence-corrected chi connectivity index (χ4v) is 3.80. The second kappa shape index (κ2) is 7.49. The highest BCUT2D eigenvalue weighted by Gasteiger charge is 2.29. The molecule has 4 nitrogen and oxygen atoms in total. The van der Waals surface area contributed by atoms with E-state index in [2.05, 4.69) is 15.5 Å². The second-order valence-electron chi connectivity index (χ2n) is 6.55. The average Bonchev–Trinajstić information content (AvgIpc) is 3.19. The van der Waals surface area contributed by atoms with Crippen molar-refractivity contribution in [3.05, 3.63) is 29.0 Å². The van der Waals surface area contributed by atoms with Crippen LogP contribution in [0.15, 0.2) is 18.2 Å². The Hall–Kier alpha value is -1.33. The van der Waals surface area contributed by atoms with Gasteiger partial charge in [-0.05, 0) is 49.9 Å². The number of nitrogens with one attached hydrogen (secondary N) is 2. The lowest BCUT2D eigenvalue weighted by molar-refractivity contribution is 0.234. The van der Waals surface area contributed by atoms with E-state index in [1.807, 2.05) is 0 Å². The number of amides is 2. The molecule has 126 valence electrons. The van der Waals surface area contributed by atoms with Crippen molar-refractivity contribution in [2.45, 2.75) is 38.1 Å². The maximum Gasteiger partial charge on any atom is 0.319 e. The Labute approximate surface area is 141 Å². The van der Waals surface area contributed by atoms with Gasteiger partial charge in [0.15, 0.2) is 0 Å². The minimum Gasteiger partial charge on any atom is -0.338 e. The Bertz CT molecular complexity index is 563. The van der Waals surface area contributed by atoms with Crippen molar-refractivity contribution in [2.24, 2.45) is 5.92 Å². The number of halogens is 2. The third kappa shape index (κ3) is 4.36. The van der Waals surface area contributed by atoms with Gasteiger partial charge in [0, 0.05) is 24.8 Å². The molecule has 0 radical (unpaired) electrons. The molecular weight excluding hydrogens is 317 g/mol. The van der Waals surface area contributed by atoms with E-state index in [1.165, 1.54) is 43.9 Å². The predicted molar refractivity (Wildman–Crippen MR) is 90.4 cm³/mol. The Morgan fingerprint density at radius 2 is 2.09 bits per heavy atom. The fourth-order valence-electron chi connectivity index (χ4n) is 3.62. The molecule has 1 aliphatic heterocycles. The van der Waals surface area contributed by atoms with Crippen LogP contribution < -0.4 is 10.6 Å². The van der Waals surface area contributed by atoms with Crippen LogP contribution >= 0.6 is 11.6 Å². The zero-order valence-electron chi connectivity index (χ0n) is 13.2. The van der Waals surface area contributed by atoms with Gasteiger partial charge < -0.3 is 15.5 Å². The van der Waals surface area contributed by atoms with Crippen molar-refractivity contribution in [3.8, 4) is 0 Å². The molecule has 2 amide bonds. The monoisotopic (exact) mass is 339 g/mol. The number of likely N-dealkylation sites (tertiary alicyclic amines) is 1. The largest absolute Gasteiger partial charge is 0.338 e. The van der Waals surface area contributed by atoms with Crippen LogP contribution in [0.4, 0.5) is 14.9 Å². The summed E-state index contributed by atoms with van der Waals surface area (Å²) in [5, 5.41) is 5.60. The molecule has 2 fully saturated rings. The normalized spacial score (nSPS) is 22.4. The van der Waals surface area contributed by atoms with Crippen molar-refractivity contribution < 1.29 is 9.18 Å². The topological polar surface area (TPSA) is 44.4 Å². The molecular formula is C17H23ClFN3O. The van der Waals surface area contributed by atoms with Crippen LogP contribution in [-0.4, -0.2) is 36.6 Å². The van der Waals surface area contributed by atoms with Gasteiger partial charge in [-0.15, -0.1) is 0 Å². The van der Waals surface area contributed by atoms with Gasteiger partial charge in [-0.1, -0.05) is 24.4 Å². The highest BCUT2D eigenvalue weighted by Crippen LogP contribution is 2.28. The van der Waals surface area contributed by atoms with Gasteiger partial charge in [0.1, 0.15) is 5.82 Å². The molecule has 1 heterocycles. The van der Waals surface area contributed by atoms with Crippen molar-refractivity contribution in [3.63, 3.8) is 0 Å². The molecule has 1 aromatic rings. The van der Waals surface area contributed by atoms with Crippen molar-refractivity contribution >= 4 is 23.3 Å². The first-order valence-corrected chi connectivity index (χ1v) is 8.73. The van der Waals surface area contributed by atoms with Gasteiger partial charge in [0.2, 0.25) is 0 Å². The number of nitrogens with zero attached hydrogens (tertiary/aromatic N) is 1. The summed E-state index contributed by atoms with van der Waals surface area (Å²) in [7, 11) is 0. The molecule has 1 aliphatic carbocycles. The summed E-state index contributed by atoms with van der Waals surface area (Å²) in [5.74, 6) is 0.0220. The Morgan fingerprint density at radius 3 is 2.83 bits per heavy atom. The number of hydrogen-bond donors (Lipinski definition) is 2. The summed E-state index contributed by atoms with van der Waals surface area (Å²) in [6, 6.07) is 4.64. The lowest BCUT2D eigenvalue weighted by atomic mass is 10.1. The molecule has 0 bridgehead atoms. The second-order valence-corrected chi connectivity index (χ2v) is 6.96. The van der Waals surface area contributed by atoms with E-state index in [9.17, 15) is 9.18 Å². The standard InChI is InChI=1S/C17H23ClFN3O/c18-15-9-13(5-6-16(15)19)21-17(23)20-10-12-7-8-22(11-12)14-3-1-2-4-14/h5-6,9,12,14H,1-4,7-8,10-11H2,(H2,20,21,23). The third-order valence-corrected chi connectivity index (χ3v) is 5.18. The number of rotatable bonds is 4. The van der Waals surface area contributed by atoms with Crippen LogP contribution in [0.1, 0.15) is 32.1 Å². The highest BCUT2D eigenvalue weighted by atomic mass is 35.5. The molecule has 1 aromatic carbocycles. The Kier molecular flexibility index (Phi) is 5.38.